The van der Waals surface area contributed by atoms with E-state index in [0.29, 0.717) is 38.8 Å². The third-order valence-electron chi connectivity index (χ3n) is 10.5. The zero-order valence-corrected chi connectivity index (χ0v) is 38.1. The zero-order valence-electron chi connectivity index (χ0n) is 34.9. The van der Waals surface area contributed by atoms with Crippen molar-refractivity contribution in [3.63, 3.8) is 0 Å². The molecule has 0 fully saturated rings. The van der Waals surface area contributed by atoms with E-state index in [-0.39, 0.29) is 45.8 Å². The van der Waals surface area contributed by atoms with E-state index in [1.807, 2.05) is 12.2 Å². The van der Waals surface area contributed by atoms with Crippen LogP contribution in [0.25, 0.3) is 50.4 Å². The summed E-state index contributed by atoms with van der Waals surface area (Å²) in [5, 5.41) is 6.21. The highest BCUT2D eigenvalue weighted by Crippen LogP contribution is 2.36. The van der Waals surface area contributed by atoms with Gasteiger partial charge in [0, 0.05) is 46.0 Å². The number of carbonyl (C=O) groups is 2. The summed E-state index contributed by atoms with van der Waals surface area (Å²) in [5.74, 6) is 0.0473. The number of H-pyrrole nitrogens is 2. The van der Waals surface area contributed by atoms with Crippen LogP contribution in [0, 0.1) is 13.8 Å². The van der Waals surface area contributed by atoms with Gasteiger partial charge in [-0.1, -0.05) is 25.3 Å². The largest absolute Gasteiger partial charge is 1.00 e. The number of rotatable bonds is 14. The number of halogens is 2. The smallest absolute Gasteiger partial charge is 0.220 e. The van der Waals surface area contributed by atoms with Crippen LogP contribution in [0.15, 0.2) is 43.5 Å². The molecule has 0 atom stereocenters. The summed E-state index contributed by atoms with van der Waals surface area (Å²) in [6.45, 7) is 19.5. The van der Waals surface area contributed by atoms with Gasteiger partial charge in [-0.25, -0.2) is 9.97 Å². The third-order valence-corrected chi connectivity index (χ3v) is 10.5. The van der Waals surface area contributed by atoms with Crippen molar-refractivity contribution in [2.45, 2.75) is 53.4 Å². The van der Waals surface area contributed by atoms with E-state index in [2.05, 4.69) is 128 Å². The maximum atomic E-state index is 13.1. The molecule has 0 aromatic carbocycles. The number of carbonyl (C=O) groups excluding carboxylic acids is 2. The van der Waals surface area contributed by atoms with E-state index in [4.69, 9.17) is 9.97 Å². The minimum absolute atomic E-state index is 0. The van der Waals surface area contributed by atoms with Crippen LogP contribution in [0.1, 0.15) is 78.1 Å². The molecule has 0 radical (unpaired) electrons. The quantitative estimate of drug-likeness (QED) is 0.181. The van der Waals surface area contributed by atoms with Gasteiger partial charge in [0.25, 0.3) is 0 Å². The standard InChI is InChI=1S/C44H58N8O2.2BrH/c1-13-31-27(3)35-23-36-29(5)33(15-17-43(53)45-19-21-51(7,8)9)41(49-36)26-42-34(16-18-44(54)46-20-22-52(10,11)12)30(6)38(50-42)25-40-32(14-2)28(4)37(48-40)24-39(31)47-35;;/h13-14,23-26H,1-2,15-22H2,3-12H3,(H2-2,45,46,47,48,49,50,53,54);2*1H. The molecule has 3 aromatic rings. The molecule has 0 saturated heterocycles. The first-order valence-corrected chi connectivity index (χ1v) is 18.9. The van der Waals surface area contributed by atoms with Gasteiger partial charge >= 0.3 is 0 Å². The second kappa shape index (κ2) is 18.9. The Labute approximate surface area is 354 Å². The highest BCUT2D eigenvalue weighted by molar-refractivity contribution is 5.98. The Balaban J connectivity index is 0.00000420. The first kappa shape index (κ1) is 46.3. The second-order valence-electron chi connectivity index (χ2n) is 16.7. The molecular formula is C44H60Br2N8O2. The van der Waals surface area contributed by atoms with Crippen LogP contribution in [0.5, 0.6) is 0 Å². The van der Waals surface area contributed by atoms with Crippen LogP contribution >= 0.6 is 0 Å². The van der Waals surface area contributed by atoms with E-state index >= 15 is 0 Å². The number of amides is 2. The molecule has 3 aromatic heterocycles. The number of allylic oxidation sites excluding steroid dienone is 5. The third kappa shape index (κ3) is 11.1. The second-order valence-corrected chi connectivity index (χ2v) is 16.7. The lowest BCUT2D eigenvalue weighted by molar-refractivity contribution is -0.869. The average molecular weight is 893 g/mol. The van der Waals surface area contributed by atoms with E-state index in [1.54, 1.807) is 0 Å². The number of quaternary nitrogens is 2. The first-order valence-electron chi connectivity index (χ1n) is 18.9. The fourth-order valence-corrected chi connectivity index (χ4v) is 7.02. The first-order chi connectivity index (χ1) is 25.4. The van der Waals surface area contributed by atoms with Crippen molar-refractivity contribution in [1.29, 1.82) is 0 Å². The molecule has 2 aliphatic heterocycles. The molecule has 302 valence electrons. The molecule has 0 saturated carbocycles. The van der Waals surface area contributed by atoms with Crippen molar-refractivity contribution >= 4 is 62.2 Å². The van der Waals surface area contributed by atoms with Gasteiger partial charge in [-0.3, -0.25) is 9.59 Å². The van der Waals surface area contributed by atoms with Gasteiger partial charge in [0.1, 0.15) is 0 Å². The Hall–Kier alpha value is -4.10. The number of aromatic nitrogens is 4. The average Bonchev–Trinajstić information content (AvgIpc) is 3.74. The summed E-state index contributed by atoms with van der Waals surface area (Å²) < 4.78 is 1.56. The van der Waals surface area contributed by atoms with Crippen LogP contribution in [-0.2, 0) is 16.0 Å². The number of aromatic amines is 2. The maximum Gasteiger partial charge on any atom is 0.220 e. The van der Waals surface area contributed by atoms with E-state index in [0.717, 1.165) is 111 Å². The van der Waals surface area contributed by atoms with Crippen LogP contribution in [0.4, 0.5) is 0 Å². The van der Waals surface area contributed by atoms with Crippen molar-refractivity contribution in [2.24, 2.45) is 0 Å². The predicted octanol–water partition coefficient (Wildman–Crippen LogP) is 0.988. The predicted molar refractivity (Wildman–Crippen MR) is 225 cm³/mol. The zero-order chi connectivity index (χ0) is 39.5. The van der Waals surface area contributed by atoms with Crippen molar-refractivity contribution in [3.8, 4) is 0 Å². The van der Waals surface area contributed by atoms with Gasteiger partial charge in [-0.2, -0.15) is 0 Å². The fraction of sp³-hybridized carbons (Fsp3) is 0.409. The molecule has 2 aliphatic rings. The van der Waals surface area contributed by atoms with Gasteiger partial charge in [0.2, 0.25) is 11.8 Å². The highest BCUT2D eigenvalue weighted by atomic mass is 79.9. The van der Waals surface area contributed by atoms with Crippen molar-refractivity contribution < 1.29 is 52.5 Å². The molecule has 0 unspecified atom stereocenters. The Morgan fingerprint density at radius 3 is 1.70 bits per heavy atom. The fourth-order valence-electron chi connectivity index (χ4n) is 7.02. The molecule has 8 bridgehead atoms. The summed E-state index contributed by atoms with van der Waals surface area (Å²) in [6, 6.07) is 8.34. The van der Waals surface area contributed by atoms with Gasteiger partial charge in [-0.05, 0) is 98.2 Å². The Morgan fingerprint density at radius 2 is 1.12 bits per heavy atom. The van der Waals surface area contributed by atoms with Crippen LogP contribution in [0.2, 0.25) is 0 Å². The number of hydrogen-bond acceptors (Lipinski definition) is 4. The lowest BCUT2D eigenvalue weighted by Gasteiger charge is -2.23. The number of nitrogens with zero attached hydrogens (tertiary/aromatic N) is 4. The molecule has 0 aliphatic carbocycles. The summed E-state index contributed by atoms with van der Waals surface area (Å²) >= 11 is 0. The molecule has 10 nitrogen and oxygen atoms in total. The summed E-state index contributed by atoms with van der Waals surface area (Å²) in [6.07, 6.45) is 5.54. The number of nitrogens with one attached hydrogen (secondary N) is 4. The molecular weight excluding hydrogens is 832 g/mol. The van der Waals surface area contributed by atoms with Crippen LogP contribution in [0.3, 0.4) is 0 Å². The number of fused-ring (bicyclic) bond motifs is 8. The van der Waals surface area contributed by atoms with Crippen molar-refractivity contribution in [1.82, 2.24) is 30.6 Å². The minimum Gasteiger partial charge on any atom is -1.00 e. The Morgan fingerprint density at radius 1 is 0.643 bits per heavy atom. The van der Waals surface area contributed by atoms with Gasteiger partial charge < -0.3 is 63.5 Å². The molecule has 56 heavy (non-hydrogen) atoms. The van der Waals surface area contributed by atoms with Crippen molar-refractivity contribution in [3.05, 3.63) is 88.5 Å². The summed E-state index contributed by atoms with van der Waals surface area (Å²) in [4.78, 5) is 43.8. The topological polar surface area (TPSA) is 116 Å². The van der Waals surface area contributed by atoms with E-state index in [1.165, 1.54) is 0 Å². The van der Waals surface area contributed by atoms with Crippen molar-refractivity contribution in [2.75, 3.05) is 68.5 Å². The SMILES string of the molecule is C=CC1=C(C)c2cc3[nH]c(cc4nc(cc5[nH]c(cc1n2)c(C)c5CCC(=O)NCC[N+](C)(C)C)C(CCC(=O)NCC[N+](C)(C)C)=C4C)c(C)c3C=C.[Br-].[Br-]. The molecule has 2 amide bonds. The minimum atomic E-state index is 0. The monoisotopic (exact) mass is 890 g/mol. The normalized spacial score (nSPS) is 12.9. The molecule has 5 heterocycles. The molecule has 5 rings (SSSR count). The summed E-state index contributed by atoms with van der Waals surface area (Å²) in [7, 11) is 12.7. The molecule has 4 N–H and O–H groups in total. The summed E-state index contributed by atoms with van der Waals surface area (Å²) in [5.41, 5.74) is 15.2. The van der Waals surface area contributed by atoms with Crippen LogP contribution < -0.4 is 44.6 Å². The van der Waals surface area contributed by atoms with Gasteiger partial charge in [0.15, 0.2) is 0 Å². The van der Waals surface area contributed by atoms with E-state index in [9.17, 15) is 9.59 Å². The van der Waals surface area contributed by atoms with E-state index < -0.39 is 0 Å². The lowest BCUT2D eigenvalue weighted by Crippen LogP contribution is -3.00. The lowest BCUT2D eigenvalue weighted by atomic mass is 10.00. The number of aryl methyl sites for hydroxylation is 3. The highest BCUT2D eigenvalue weighted by Gasteiger charge is 2.21. The number of likely N-dealkylation sites (N-methyl/N-ethyl adjacent to an activating group) is 2. The van der Waals surface area contributed by atoms with Gasteiger partial charge in [-0.15, -0.1) is 0 Å². The number of hydrogen-bond donors (Lipinski definition) is 4. The molecule has 0 spiro atoms. The molecule has 12 heteroatoms. The maximum absolute atomic E-state index is 13.1. The van der Waals surface area contributed by atoms with Gasteiger partial charge in [0.05, 0.1) is 91.2 Å². The Bertz CT molecular complexity index is 2230. The Kier molecular flexibility index (Phi) is 15.6. The van der Waals surface area contributed by atoms with Crippen LogP contribution in [-0.4, -0.2) is 109 Å².